The lowest BCUT2D eigenvalue weighted by Gasteiger charge is -2.42. The van der Waals surface area contributed by atoms with Gasteiger partial charge in [0.25, 0.3) is 0 Å². The molecular weight excluding hydrogens is 272 g/mol. The molecule has 0 radical (unpaired) electrons. The van der Waals surface area contributed by atoms with Crippen molar-refractivity contribution in [3.05, 3.63) is 0 Å². The summed E-state index contributed by atoms with van der Waals surface area (Å²) in [5.74, 6) is -0.288. The standard InChI is InChI=1S/C15H32O4Si/c1-8-15(17)18-9-14(16)10-19-20(11(2)3,12(4)5)13(6)7/h11-14,16H,8-10H2,1-7H3. The van der Waals surface area contributed by atoms with Crippen LogP contribution < -0.4 is 0 Å². The second-order valence-corrected chi connectivity index (χ2v) is 11.8. The molecule has 120 valence electrons. The second-order valence-electron chi connectivity index (χ2n) is 6.32. The van der Waals surface area contributed by atoms with Gasteiger partial charge in [-0.3, -0.25) is 4.79 Å². The highest BCUT2D eigenvalue weighted by Gasteiger charge is 2.45. The van der Waals surface area contributed by atoms with Crippen molar-refractivity contribution in [2.24, 2.45) is 0 Å². The normalized spacial score (nSPS) is 14.2. The van der Waals surface area contributed by atoms with Crippen molar-refractivity contribution >= 4 is 14.3 Å². The first-order valence-electron chi connectivity index (χ1n) is 7.66. The molecule has 0 aliphatic heterocycles. The van der Waals surface area contributed by atoms with E-state index < -0.39 is 14.4 Å². The largest absolute Gasteiger partial charge is 0.463 e. The average molecular weight is 305 g/mol. The van der Waals surface area contributed by atoms with Gasteiger partial charge in [0, 0.05) is 6.42 Å². The van der Waals surface area contributed by atoms with Gasteiger partial charge in [-0.05, 0) is 16.6 Å². The maximum absolute atomic E-state index is 11.1. The van der Waals surface area contributed by atoms with Gasteiger partial charge in [0.15, 0.2) is 8.32 Å². The third kappa shape index (κ3) is 5.18. The van der Waals surface area contributed by atoms with Crippen molar-refractivity contribution in [2.45, 2.75) is 77.6 Å². The maximum atomic E-state index is 11.1. The molecule has 0 rings (SSSR count). The molecule has 20 heavy (non-hydrogen) atoms. The summed E-state index contributed by atoms with van der Waals surface area (Å²) in [7, 11) is -1.96. The van der Waals surface area contributed by atoms with Crippen LogP contribution in [-0.4, -0.2) is 38.7 Å². The molecule has 0 heterocycles. The number of rotatable bonds is 9. The van der Waals surface area contributed by atoms with Gasteiger partial charge >= 0.3 is 5.97 Å². The third-order valence-electron chi connectivity index (χ3n) is 3.96. The first kappa shape index (κ1) is 19.6. The zero-order valence-corrected chi connectivity index (χ0v) is 15.1. The minimum absolute atomic E-state index is 0.0193. The molecule has 0 aromatic heterocycles. The Morgan fingerprint density at radius 1 is 1.00 bits per heavy atom. The summed E-state index contributed by atoms with van der Waals surface area (Å²) in [5.41, 5.74) is 1.44. The van der Waals surface area contributed by atoms with Crippen molar-refractivity contribution < 1.29 is 19.1 Å². The lowest BCUT2D eigenvalue weighted by Crippen LogP contribution is -2.49. The van der Waals surface area contributed by atoms with Crippen LogP contribution in [0.15, 0.2) is 0 Å². The van der Waals surface area contributed by atoms with Gasteiger partial charge in [-0.25, -0.2) is 0 Å². The molecular formula is C15H32O4Si. The van der Waals surface area contributed by atoms with Gasteiger partial charge in [0.2, 0.25) is 0 Å². The van der Waals surface area contributed by atoms with Gasteiger partial charge in [0.05, 0.1) is 6.61 Å². The fraction of sp³-hybridized carbons (Fsp3) is 0.933. The molecule has 0 saturated heterocycles. The molecule has 0 aliphatic carbocycles. The van der Waals surface area contributed by atoms with E-state index in [0.29, 0.717) is 23.0 Å². The Balaban J connectivity index is 4.58. The van der Waals surface area contributed by atoms with Gasteiger partial charge in [-0.15, -0.1) is 0 Å². The zero-order valence-electron chi connectivity index (χ0n) is 14.1. The van der Waals surface area contributed by atoms with Gasteiger partial charge in [-0.1, -0.05) is 48.5 Å². The van der Waals surface area contributed by atoms with Crippen molar-refractivity contribution in [1.82, 2.24) is 0 Å². The zero-order chi connectivity index (χ0) is 15.9. The van der Waals surface area contributed by atoms with Gasteiger partial charge in [0.1, 0.15) is 12.7 Å². The first-order valence-corrected chi connectivity index (χ1v) is 9.80. The molecule has 0 bridgehead atoms. The average Bonchev–Trinajstić information content (AvgIpc) is 2.35. The SMILES string of the molecule is CCC(=O)OCC(O)CO[Si](C(C)C)(C(C)C)C(C)C. The highest BCUT2D eigenvalue weighted by Crippen LogP contribution is 2.42. The molecule has 0 aliphatic rings. The van der Waals surface area contributed by atoms with Gasteiger partial charge in [-0.2, -0.15) is 0 Å². The Kier molecular flexibility index (Phi) is 8.62. The van der Waals surface area contributed by atoms with E-state index in [0.717, 1.165) is 0 Å². The van der Waals surface area contributed by atoms with Crippen molar-refractivity contribution in [3.63, 3.8) is 0 Å². The molecule has 0 aromatic rings. The van der Waals surface area contributed by atoms with Crippen LogP contribution >= 0.6 is 0 Å². The summed E-state index contributed by atoms with van der Waals surface area (Å²) in [4.78, 5) is 11.1. The first-order chi connectivity index (χ1) is 9.18. The lowest BCUT2D eigenvalue weighted by molar-refractivity contribution is -0.146. The van der Waals surface area contributed by atoms with E-state index in [4.69, 9.17) is 9.16 Å². The number of carbonyl (C=O) groups excluding carboxylic acids is 1. The molecule has 0 amide bonds. The van der Waals surface area contributed by atoms with Crippen LogP contribution in [-0.2, 0) is 14.0 Å². The van der Waals surface area contributed by atoms with E-state index in [9.17, 15) is 9.90 Å². The lowest BCUT2D eigenvalue weighted by atomic mass is 10.4. The number of esters is 1. The number of aliphatic hydroxyl groups is 1. The molecule has 0 fully saturated rings. The summed E-state index contributed by atoms with van der Waals surface area (Å²) in [6.45, 7) is 15.2. The number of hydrogen-bond acceptors (Lipinski definition) is 4. The van der Waals surface area contributed by atoms with E-state index in [1.165, 1.54) is 0 Å². The topological polar surface area (TPSA) is 55.8 Å². The fourth-order valence-corrected chi connectivity index (χ4v) is 8.56. The van der Waals surface area contributed by atoms with E-state index in [2.05, 4.69) is 41.5 Å². The molecule has 1 atom stereocenters. The fourth-order valence-electron chi connectivity index (χ4n) is 3.08. The summed E-state index contributed by atoms with van der Waals surface area (Å²) >= 11 is 0. The molecule has 0 aromatic carbocycles. The Morgan fingerprint density at radius 3 is 1.80 bits per heavy atom. The molecule has 0 spiro atoms. The highest BCUT2D eigenvalue weighted by molar-refractivity contribution is 6.77. The van der Waals surface area contributed by atoms with E-state index >= 15 is 0 Å². The Bertz CT molecular complexity index is 268. The quantitative estimate of drug-likeness (QED) is 0.523. The van der Waals surface area contributed by atoms with Crippen molar-refractivity contribution in [1.29, 1.82) is 0 Å². The maximum Gasteiger partial charge on any atom is 0.305 e. The van der Waals surface area contributed by atoms with E-state index in [-0.39, 0.29) is 19.2 Å². The molecule has 4 nitrogen and oxygen atoms in total. The Labute approximate surface area is 125 Å². The summed E-state index contributed by atoms with van der Waals surface area (Å²) in [6.07, 6.45) is -0.412. The van der Waals surface area contributed by atoms with Crippen LogP contribution in [0.1, 0.15) is 54.9 Å². The minimum atomic E-state index is -1.96. The minimum Gasteiger partial charge on any atom is -0.463 e. The Hall–Kier alpha value is -0.393. The second kappa shape index (κ2) is 8.80. The smallest absolute Gasteiger partial charge is 0.305 e. The van der Waals surface area contributed by atoms with E-state index in [1.807, 2.05) is 0 Å². The van der Waals surface area contributed by atoms with Crippen LogP contribution in [0.25, 0.3) is 0 Å². The predicted molar refractivity (Wildman–Crippen MR) is 84.3 cm³/mol. The van der Waals surface area contributed by atoms with Crippen molar-refractivity contribution in [3.8, 4) is 0 Å². The van der Waals surface area contributed by atoms with Crippen LogP contribution in [0, 0.1) is 0 Å². The number of hydrogen-bond donors (Lipinski definition) is 1. The molecule has 0 saturated carbocycles. The third-order valence-corrected chi connectivity index (χ3v) is 10.0. The van der Waals surface area contributed by atoms with Crippen LogP contribution in [0.3, 0.4) is 0 Å². The molecule has 1 N–H and O–H groups in total. The molecule has 5 heteroatoms. The summed E-state index contributed by atoms with van der Waals surface area (Å²) < 4.78 is 11.2. The number of aliphatic hydroxyl groups excluding tert-OH is 1. The number of carbonyl (C=O) groups is 1. The predicted octanol–water partition coefficient (Wildman–Crippen LogP) is 3.49. The highest BCUT2D eigenvalue weighted by atomic mass is 28.4. The summed E-state index contributed by atoms with van der Waals surface area (Å²) in [6, 6.07) is 0. The Morgan fingerprint density at radius 2 is 1.45 bits per heavy atom. The van der Waals surface area contributed by atoms with Crippen molar-refractivity contribution in [2.75, 3.05) is 13.2 Å². The van der Waals surface area contributed by atoms with Gasteiger partial charge < -0.3 is 14.3 Å². The van der Waals surface area contributed by atoms with Crippen LogP contribution in [0.2, 0.25) is 16.6 Å². The van der Waals surface area contributed by atoms with E-state index in [1.54, 1.807) is 6.92 Å². The monoisotopic (exact) mass is 304 g/mol. The van der Waals surface area contributed by atoms with Crippen LogP contribution in [0.5, 0.6) is 0 Å². The summed E-state index contributed by atoms with van der Waals surface area (Å²) in [5, 5.41) is 9.92. The van der Waals surface area contributed by atoms with Crippen LogP contribution in [0.4, 0.5) is 0 Å². The number of ether oxygens (including phenoxy) is 1. The molecule has 1 unspecified atom stereocenters.